The van der Waals surface area contributed by atoms with Gasteiger partial charge in [0.1, 0.15) is 12.4 Å². The van der Waals surface area contributed by atoms with E-state index in [4.69, 9.17) is 5.26 Å². The van der Waals surface area contributed by atoms with Gasteiger partial charge in [-0.15, -0.1) is 0 Å². The number of rotatable bonds is 6. The molecule has 0 spiro atoms. The Morgan fingerprint density at radius 3 is 2.73 bits per heavy atom. The molecule has 6 heteroatoms. The van der Waals surface area contributed by atoms with Crippen molar-refractivity contribution in [2.24, 2.45) is 0 Å². The number of hydrogen-bond donors (Lipinski definition) is 0. The van der Waals surface area contributed by atoms with E-state index in [1.165, 1.54) is 0 Å². The van der Waals surface area contributed by atoms with Gasteiger partial charge in [0.25, 0.3) is 0 Å². The lowest BCUT2D eigenvalue weighted by Gasteiger charge is -2.18. The first-order valence-corrected chi connectivity index (χ1v) is 7.22. The Morgan fingerprint density at radius 1 is 1.32 bits per heavy atom. The number of fused-ring (bicyclic) bond motifs is 1. The number of para-hydroxylation sites is 2. The molecule has 0 saturated carbocycles. The number of hydrogen-bond acceptors (Lipinski definition) is 4. The van der Waals surface area contributed by atoms with Crippen LogP contribution in [-0.2, 0) is 17.9 Å². The van der Waals surface area contributed by atoms with E-state index in [0.717, 1.165) is 16.9 Å². The molecule has 1 aromatic carbocycles. The van der Waals surface area contributed by atoms with Crippen molar-refractivity contribution in [2.45, 2.75) is 19.5 Å². The van der Waals surface area contributed by atoms with Crippen molar-refractivity contribution in [2.75, 3.05) is 27.7 Å². The highest BCUT2D eigenvalue weighted by molar-refractivity contribution is 5.81. The van der Waals surface area contributed by atoms with Crippen molar-refractivity contribution in [1.82, 2.24) is 19.4 Å². The molecule has 1 heterocycles. The zero-order valence-corrected chi connectivity index (χ0v) is 13.3. The van der Waals surface area contributed by atoms with Crippen molar-refractivity contribution in [3.63, 3.8) is 0 Å². The molecule has 1 aromatic heterocycles. The number of benzene rings is 1. The first-order chi connectivity index (χ1) is 10.5. The molecule has 116 valence electrons. The van der Waals surface area contributed by atoms with Crippen LogP contribution >= 0.6 is 0 Å². The fraction of sp³-hybridized carbons (Fsp3) is 0.438. The average Bonchev–Trinajstić information content (AvgIpc) is 2.81. The van der Waals surface area contributed by atoms with E-state index >= 15 is 0 Å². The summed E-state index contributed by atoms with van der Waals surface area (Å²) in [6.45, 7) is 1.36. The maximum Gasteiger partial charge on any atom is 0.242 e. The van der Waals surface area contributed by atoms with Crippen molar-refractivity contribution < 1.29 is 4.79 Å². The molecule has 1 amide bonds. The predicted molar refractivity (Wildman–Crippen MR) is 85.0 cm³/mol. The molecule has 0 aliphatic rings. The third-order valence-corrected chi connectivity index (χ3v) is 3.47. The summed E-state index contributed by atoms with van der Waals surface area (Å²) in [5.41, 5.74) is 1.85. The largest absolute Gasteiger partial charge is 0.343 e. The van der Waals surface area contributed by atoms with Gasteiger partial charge in [-0.3, -0.25) is 4.79 Å². The summed E-state index contributed by atoms with van der Waals surface area (Å²) in [6.07, 6.45) is 0.345. The molecule has 0 aliphatic heterocycles. The second-order valence-electron chi connectivity index (χ2n) is 5.56. The molecule has 0 N–H and O–H groups in total. The minimum Gasteiger partial charge on any atom is -0.343 e. The summed E-state index contributed by atoms with van der Waals surface area (Å²) in [5.74, 6) is 0.853. The number of imidazole rings is 1. The van der Waals surface area contributed by atoms with Crippen LogP contribution in [0.4, 0.5) is 0 Å². The number of likely N-dealkylation sites (N-methyl/N-ethyl adjacent to an activating group) is 1. The van der Waals surface area contributed by atoms with E-state index in [9.17, 15) is 4.79 Å². The Kier molecular flexibility index (Phi) is 5.12. The lowest BCUT2D eigenvalue weighted by atomic mass is 10.3. The normalized spacial score (nSPS) is 10.9. The fourth-order valence-corrected chi connectivity index (χ4v) is 2.30. The van der Waals surface area contributed by atoms with Gasteiger partial charge in [-0.25, -0.2) is 4.98 Å². The highest BCUT2D eigenvalue weighted by Crippen LogP contribution is 2.17. The number of amides is 1. The van der Waals surface area contributed by atoms with Crippen LogP contribution in [0.3, 0.4) is 0 Å². The Balaban J connectivity index is 2.28. The van der Waals surface area contributed by atoms with Gasteiger partial charge in [-0.1, -0.05) is 12.1 Å². The first kappa shape index (κ1) is 16.0. The maximum atomic E-state index is 12.4. The van der Waals surface area contributed by atoms with Crippen LogP contribution < -0.4 is 0 Å². The van der Waals surface area contributed by atoms with Crippen LogP contribution in [0.2, 0.25) is 0 Å². The van der Waals surface area contributed by atoms with E-state index in [1.807, 2.05) is 47.8 Å². The van der Waals surface area contributed by atoms with Crippen LogP contribution in [0.25, 0.3) is 11.0 Å². The quantitative estimate of drug-likeness (QED) is 0.810. The van der Waals surface area contributed by atoms with Gasteiger partial charge in [0.05, 0.1) is 30.1 Å². The molecule has 0 fully saturated rings. The molecule has 2 aromatic rings. The van der Waals surface area contributed by atoms with Crippen LogP contribution in [0.15, 0.2) is 24.3 Å². The third-order valence-electron chi connectivity index (χ3n) is 3.47. The molecular weight excluding hydrogens is 278 g/mol. The molecule has 0 atom stereocenters. The fourth-order valence-electron chi connectivity index (χ4n) is 2.30. The van der Waals surface area contributed by atoms with Crippen LogP contribution in [-0.4, -0.2) is 52.9 Å². The zero-order valence-electron chi connectivity index (χ0n) is 13.3. The van der Waals surface area contributed by atoms with Crippen molar-refractivity contribution >= 4 is 16.9 Å². The monoisotopic (exact) mass is 299 g/mol. The molecule has 0 unspecified atom stereocenters. The number of carbonyl (C=O) groups excluding carboxylic acids is 1. The lowest BCUT2D eigenvalue weighted by Crippen LogP contribution is -2.31. The topological polar surface area (TPSA) is 65.2 Å². The smallest absolute Gasteiger partial charge is 0.242 e. The van der Waals surface area contributed by atoms with E-state index in [-0.39, 0.29) is 12.5 Å². The Labute approximate surface area is 130 Å². The lowest BCUT2D eigenvalue weighted by molar-refractivity contribution is -0.130. The Hall–Kier alpha value is -2.39. The zero-order chi connectivity index (χ0) is 16.1. The van der Waals surface area contributed by atoms with E-state index in [0.29, 0.717) is 19.5 Å². The van der Waals surface area contributed by atoms with Crippen LogP contribution in [0.1, 0.15) is 12.2 Å². The SMILES string of the molecule is CN(C)Cc1nc2ccccc2n1CC(=O)N(C)CCC#N. The summed E-state index contributed by atoms with van der Waals surface area (Å²) in [4.78, 5) is 20.6. The molecule has 0 saturated heterocycles. The number of nitrogens with zero attached hydrogens (tertiary/aromatic N) is 5. The Bertz CT molecular complexity index is 698. The number of aromatic nitrogens is 2. The molecule has 0 radical (unpaired) electrons. The molecule has 0 aliphatic carbocycles. The van der Waals surface area contributed by atoms with Gasteiger partial charge < -0.3 is 14.4 Å². The van der Waals surface area contributed by atoms with E-state index < -0.39 is 0 Å². The van der Waals surface area contributed by atoms with Crippen LogP contribution in [0, 0.1) is 11.3 Å². The van der Waals surface area contributed by atoms with Crippen LogP contribution in [0.5, 0.6) is 0 Å². The molecule has 0 bridgehead atoms. The van der Waals surface area contributed by atoms with Gasteiger partial charge in [0.2, 0.25) is 5.91 Å². The maximum absolute atomic E-state index is 12.4. The first-order valence-electron chi connectivity index (χ1n) is 7.22. The summed E-state index contributed by atoms with van der Waals surface area (Å²) >= 11 is 0. The highest BCUT2D eigenvalue weighted by atomic mass is 16.2. The van der Waals surface area contributed by atoms with Crippen molar-refractivity contribution in [1.29, 1.82) is 5.26 Å². The minimum absolute atomic E-state index is 0.0154. The van der Waals surface area contributed by atoms with Gasteiger partial charge >= 0.3 is 0 Å². The Morgan fingerprint density at radius 2 is 2.05 bits per heavy atom. The third kappa shape index (κ3) is 3.62. The van der Waals surface area contributed by atoms with Gasteiger partial charge in [-0.2, -0.15) is 5.26 Å². The summed E-state index contributed by atoms with van der Waals surface area (Å²) in [7, 11) is 5.68. The second-order valence-corrected chi connectivity index (χ2v) is 5.56. The van der Waals surface area contributed by atoms with Gasteiger partial charge in [0.15, 0.2) is 0 Å². The summed E-state index contributed by atoms with van der Waals surface area (Å²) in [5, 5.41) is 8.63. The second kappa shape index (κ2) is 7.05. The van der Waals surface area contributed by atoms with E-state index in [1.54, 1.807) is 11.9 Å². The molecule has 22 heavy (non-hydrogen) atoms. The van der Waals surface area contributed by atoms with Crippen molar-refractivity contribution in [3.8, 4) is 6.07 Å². The molecular formula is C16H21N5O. The summed E-state index contributed by atoms with van der Waals surface area (Å²) in [6, 6.07) is 9.88. The molecule has 6 nitrogen and oxygen atoms in total. The molecule has 2 rings (SSSR count). The van der Waals surface area contributed by atoms with Gasteiger partial charge in [0, 0.05) is 13.6 Å². The minimum atomic E-state index is -0.0154. The predicted octanol–water partition coefficient (Wildman–Crippen LogP) is 1.47. The van der Waals surface area contributed by atoms with Crippen molar-refractivity contribution in [3.05, 3.63) is 30.1 Å². The average molecular weight is 299 g/mol. The summed E-state index contributed by atoms with van der Waals surface area (Å²) < 4.78 is 1.96. The standard InChI is InChI=1S/C16H21N5O/c1-19(2)11-15-18-13-7-4-5-8-14(13)21(15)12-16(22)20(3)10-6-9-17/h4-5,7-8H,6,10-12H2,1-3H3. The highest BCUT2D eigenvalue weighted by Gasteiger charge is 2.16. The van der Waals surface area contributed by atoms with E-state index in [2.05, 4.69) is 11.1 Å². The van der Waals surface area contributed by atoms with Gasteiger partial charge in [-0.05, 0) is 26.2 Å². The number of carbonyl (C=O) groups is 1. The number of nitriles is 1.